The van der Waals surface area contributed by atoms with Crippen molar-refractivity contribution in [2.24, 2.45) is 5.92 Å². The Bertz CT molecular complexity index is 1420. The molecule has 2 aromatic carbocycles. The van der Waals surface area contributed by atoms with E-state index < -0.39 is 5.97 Å². The molecule has 0 N–H and O–H groups in total. The molecule has 7 heteroatoms. The van der Waals surface area contributed by atoms with Crippen LogP contribution in [0.4, 0.5) is 0 Å². The molecule has 174 valence electrons. The van der Waals surface area contributed by atoms with Crippen molar-refractivity contribution in [2.45, 2.75) is 51.7 Å². The van der Waals surface area contributed by atoms with Gasteiger partial charge in [-0.15, -0.1) is 11.3 Å². The fourth-order valence-corrected chi connectivity index (χ4v) is 6.74. The van der Waals surface area contributed by atoms with Gasteiger partial charge < -0.3 is 19.4 Å². The van der Waals surface area contributed by atoms with Gasteiger partial charge in [-0.1, -0.05) is 24.3 Å². The van der Waals surface area contributed by atoms with Gasteiger partial charge in [0.2, 0.25) is 0 Å². The summed E-state index contributed by atoms with van der Waals surface area (Å²) in [6.07, 6.45) is 4.95. The van der Waals surface area contributed by atoms with E-state index in [0.29, 0.717) is 47.1 Å². The van der Waals surface area contributed by atoms with Crippen molar-refractivity contribution in [3.63, 3.8) is 0 Å². The topological polar surface area (TPSA) is 71.5 Å². The average molecular weight is 496 g/mol. The second kappa shape index (κ2) is 9.83. The smallest absolute Gasteiger partial charge is 0.545 e. The molecule has 2 aliphatic rings. The third-order valence-electron chi connectivity index (χ3n) is 7.28. The van der Waals surface area contributed by atoms with Gasteiger partial charge in [0, 0.05) is 10.3 Å². The van der Waals surface area contributed by atoms with Crippen molar-refractivity contribution < 1.29 is 48.9 Å². The van der Waals surface area contributed by atoms with Crippen LogP contribution in [0.3, 0.4) is 0 Å². The van der Waals surface area contributed by atoms with Crippen LogP contribution in [0.5, 0.6) is 5.75 Å². The van der Waals surface area contributed by atoms with Crippen LogP contribution < -0.4 is 39.4 Å². The maximum Gasteiger partial charge on any atom is 1.00 e. The van der Waals surface area contributed by atoms with Gasteiger partial charge in [-0.2, -0.15) is 0 Å². The van der Waals surface area contributed by atoms with Crippen LogP contribution in [0, 0.1) is 19.8 Å². The van der Waals surface area contributed by atoms with Gasteiger partial charge >= 0.3 is 29.6 Å². The number of carboxylic acids is 1. The van der Waals surface area contributed by atoms with Crippen LogP contribution in [0.15, 0.2) is 42.5 Å². The normalized spacial score (nSPS) is 21.3. The summed E-state index contributed by atoms with van der Waals surface area (Å²) in [7, 11) is 0. The molecule has 5 nitrogen and oxygen atoms in total. The molecule has 2 aromatic heterocycles. The Morgan fingerprint density at radius 2 is 1.89 bits per heavy atom. The summed E-state index contributed by atoms with van der Waals surface area (Å²) in [5.74, 6) is -0.236. The molecule has 2 bridgehead atoms. The molecular formula is C28H26NNaO4S. The predicted octanol–water partition coefficient (Wildman–Crippen LogP) is 2.44. The monoisotopic (exact) mass is 495 g/mol. The number of aryl methyl sites for hydroxylation is 2. The number of rotatable bonds is 5. The second-order valence-electron chi connectivity index (χ2n) is 9.60. The molecular weight excluding hydrogens is 469 g/mol. The van der Waals surface area contributed by atoms with Crippen LogP contribution in [0.25, 0.3) is 31.6 Å². The number of benzene rings is 2. The summed E-state index contributed by atoms with van der Waals surface area (Å²) < 4.78 is 13.4. The Balaban J connectivity index is 0.00000253. The molecule has 0 aliphatic carbocycles. The molecule has 2 saturated heterocycles. The largest absolute Gasteiger partial charge is 1.00 e. The number of carbonyl (C=O) groups excluding carboxylic acids is 1. The summed E-state index contributed by atoms with van der Waals surface area (Å²) in [6, 6.07) is 13.7. The first-order chi connectivity index (χ1) is 16.5. The van der Waals surface area contributed by atoms with Crippen molar-refractivity contribution in [3.8, 4) is 16.3 Å². The summed E-state index contributed by atoms with van der Waals surface area (Å²) in [5.41, 5.74) is 3.46. The molecule has 2 fully saturated rings. The van der Waals surface area contributed by atoms with E-state index >= 15 is 0 Å². The maximum absolute atomic E-state index is 12.3. The number of carboxylic acid groups (broad SMARTS) is 1. The van der Waals surface area contributed by atoms with Crippen LogP contribution >= 0.6 is 11.3 Å². The number of hydrogen-bond donors (Lipinski definition) is 0. The number of hydrogen-bond acceptors (Lipinski definition) is 6. The molecule has 3 atom stereocenters. The zero-order valence-corrected chi connectivity index (χ0v) is 23.1. The quantitative estimate of drug-likeness (QED) is 0.398. The van der Waals surface area contributed by atoms with E-state index in [0.717, 1.165) is 46.4 Å². The van der Waals surface area contributed by atoms with Crippen LogP contribution in [-0.2, 0) is 4.74 Å². The van der Waals surface area contributed by atoms with Crippen LogP contribution in [-0.4, -0.2) is 29.8 Å². The zero-order valence-electron chi connectivity index (χ0n) is 20.3. The first-order valence-electron chi connectivity index (χ1n) is 11.9. The Hall–Kier alpha value is -1.96. The number of carbonyl (C=O) groups is 1. The molecule has 0 amide bonds. The van der Waals surface area contributed by atoms with Gasteiger partial charge in [0.05, 0.1) is 46.3 Å². The standard InChI is InChI=1S/C28H27NO4S.Na/c1-15-7-10-23(32-14-17-11-18-8-9-19(12-17)33-18)25-21(28(30)31)13-22(29-26(15)25)27-16(2)20-5-3-4-6-24(20)34-27;/h3-7,10,13,17-19H,8-9,11-12,14H2,1-2H3,(H,30,31);/q;+1/p-1/t17?,18-,19+;. The summed E-state index contributed by atoms with van der Waals surface area (Å²) >= 11 is 1.63. The minimum Gasteiger partial charge on any atom is -0.545 e. The Morgan fingerprint density at radius 3 is 2.60 bits per heavy atom. The number of aromatic nitrogens is 1. The van der Waals surface area contributed by atoms with E-state index in [-0.39, 0.29) is 35.1 Å². The van der Waals surface area contributed by atoms with E-state index in [1.807, 2.05) is 31.2 Å². The van der Waals surface area contributed by atoms with Gasteiger partial charge in [-0.3, -0.25) is 0 Å². The maximum atomic E-state index is 12.3. The van der Waals surface area contributed by atoms with E-state index in [9.17, 15) is 9.90 Å². The Morgan fingerprint density at radius 1 is 1.14 bits per heavy atom. The van der Waals surface area contributed by atoms with E-state index in [4.69, 9.17) is 14.5 Å². The number of fused-ring (bicyclic) bond motifs is 4. The number of ether oxygens (including phenoxy) is 2. The summed E-state index contributed by atoms with van der Waals surface area (Å²) in [6.45, 7) is 4.57. The molecule has 6 rings (SSSR count). The molecule has 35 heavy (non-hydrogen) atoms. The Labute approximate surface area is 230 Å². The molecule has 2 aliphatic heterocycles. The van der Waals surface area contributed by atoms with E-state index in [1.165, 1.54) is 5.39 Å². The Kier molecular flexibility index (Phi) is 6.94. The molecule has 4 heterocycles. The van der Waals surface area contributed by atoms with Crippen LogP contribution in [0.1, 0.15) is 47.2 Å². The molecule has 4 aromatic rings. The van der Waals surface area contributed by atoms with Crippen molar-refractivity contribution in [2.75, 3.05) is 6.61 Å². The first kappa shape index (κ1) is 24.7. The second-order valence-corrected chi connectivity index (χ2v) is 10.7. The van der Waals surface area contributed by atoms with Crippen molar-refractivity contribution in [1.29, 1.82) is 0 Å². The van der Waals surface area contributed by atoms with Crippen LogP contribution in [0.2, 0.25) is 0 Å². The van der Waals surface area contributed by atoms with Gasteiger partial charge in [-0.05, 0) is 80.2 Å². The molecule has 1 unspecified atom stereocenters. The van der Waals surface area contributed by atoms with Crippen molar-refractivity contribution in [3.05, 3.63) is 59.2 Å². The minimum atomic E-state index is -1.22. The number of aromatic carboxylic acids is 1. The van der Waals surface area contributed by atoms with Gasteiger partial charge in [0.1, 0.15) is 5.75 Å². The number of pyridine rings is 1. The molecule has 0 radical (unpaired) electrons. The molecule has 0 spiro atoms. The first-order valence-corrected chi connectivity index (χ1v) is 12.7. The van der Waals surface area contributed by atoms with Gasteiger partial charge in [-0.25, -0.2) is 4.98 Å². The average Bonchev–Trinajstić information content (AvgIpc) is 3.36. The van der Waals surface area contributed by atoms with E-state index in [1.54, 1.807) is 17.4 Å². The molecule has 0 saturated carbocycles. The fourth-order valence-electron chi connectivity index (χ4n) is 5.57. The third-order valence-corrected chi connectivity index (χ3v) is 8.58. The minimum absolute atomic E-state index is 0. The summed E-state index contributed by atoms with van der Waals surface area (Å²) in [4.78, 5) is 18.2. The van der Waals surface area contributed by atoms with Gasteiger partial charge in [0.25, 0.3) is 0 Å². The van der Waals surface area contributed by atoms with E-state index in [2.05, 4.69) is 19.1 Å². The zero-order chi connectivity index (χ0) is 23.4. The number of thiophene rings is 1. The predicted molar refractivity (Wildman–Crippen MR) is 132 cm³/mol. The summed E-state index contributed by atoms with van der Waals surface area (Å²) in [5, 5.41) is 14.0. The van der Waals surface area contributed by atoms with Crippen molar-refractivity contribution >= 4 is 38.3 Å². The fraction of sp³-hybridized carbons (Fsp3) is 0.357. The SMILES string of the molecule is Cc1c(-c2cc(C(=O)[O-])c3c(OCC4C[C@H]5CC[C@@H](C4)O5)ccc(C)c3n2)sc2ccccc12.[Na+]. The third kappa shape index (κ3) is 4.51. The van der Waals surface area contributed by atoms with Crippen molar-refractivity contribution in [1.82, 2.24) is 4.98 Å². The van der Waals surface area contributed by atoms with Gasteiger partial charge in [0.15, 0.2) is 0 Å². The number of nitrogens with zero attached hydrogens (tertiary/aromatic N) is 1.